The van der Waals surface area contributed by atoms with Crippen molar-refractivity contribution in [1.82, 2.24) is 0 Å². The molecule has 0 aliphatic carbocycles. The summed E-state index contributed by atoms with van der Waals surface area (Å²) in [5.41, 5.74) is 3.03. The van der Waals surface area contributed by atoms with Crippen LogP contribution in [0.25, 0.3) is 17.2 Å². The molecule has 0 radical (unpaired) electrons. The van der Waals surface area contributed by atoms with Crippen LogP contribution in [0.2, 0.25) is 0 Å². The van der Waals surface area contributed by atoms with Crippen LogP contribution in [0.15, 0.2) is 91.0 Å². The standard InChI is InChI=1S/C31H31NO7/c1-23(2)31(34)38-22-6-4-3-5-21-37-28-16-10-25(11-17-28)26-12-18-29(19-13-26)39-30(33)20-9-24-7-14-27(15-8-24)32(35)36/h7-20H,1,3-6,21-22H2,2H3/b20-9+. The number of rotatable bonds is 14. The van der Waals surface area contributed by atoms with E-state index < -0.39 is 10.9 Å². The van der Waals surface area contributed by atoms with Gasteiger partial charge in [-0.25, -0.2) is 9.59 Å². The third kappa shape index (κ3) is 9.92. The molecule has 8 heteroatoms. The number of hydrogen-bond donors (Lipinski definition) is 0. The summed E-state index contributed by atoms with van der Waals surface area (Å²) in [5, 5.41) is 10.7. The fraction of sp³-hybridized carbons (Fsp3) is 0.226. The van der Waals surface area contributed by atoms with Gasteiger partial charge >= 0.3 is 11.9 Å². The van der Waals surface area contributed by atoms with Gasteiger partial charge in [-0.3, -0.25) is 10.1 Å². The summed E-state index contributed by atoms with van der Waals surface area (Å²) in [5.74, 6) is 0.312. The molecule has 0 aliphatic rings. The van der Waals surface area contributed by atoms with E-state index in [0.717, 1.165) is 42.6 Å². The molecular formula is C31H31NO7. The summed E-state index contributed by atoms with van der Waals surface area (Å²) in [7, 11) is 0. The Bertz CT molecular complexity index is 1290. The van der Waals surface area contributed by atoms with Crippen LogP contribution in [0.4, 0.5) is 5.69 Å². The number of nitro groups is 1. The van der Waals surface area contributed by atoms with Gasteiger partial charge < -0.3 is 14.2 Å². The largest absolute Gasteiger partial charge is 0.494 e. The molecule has 0 atom stereocenters. The topological polar surface area (TPSA) is 105 Å². The van der Waals surface area contributed by atoms with Crippen LogP contribution < -0.4 is 9.47 Å². The van der Waals surface area contributed by atoms with E-state index in [1.165, 1.54) is 24.3 Å². The molecular weight excluding hydrogens is 498 g/mol. The molecule has 8 nitrogen and oxygen atoms in total. The van der Waals surface area contributed by atoms with Gasteiger partial charge in [0.05, 0.1) is 18.1 Å². The molecule has 39 heavy (non-hydrogen) atoms. The number of benzene rings is 3. The van der Waals surface area contributed by atoms with Crippen LogP contribution in [0.1, 0.15) is 38.2 Å². The number of carbonyl (C=O) groups is 2. The van der Waals surface area contributed by atoms with Crippen LogP contribution in [0.5, 0.6) is 11.5 Å². The lowest BCUT2D eigenvalue weighted by Crippen LogP contribution is -2.06. The van der Waals surface area contributed by atoms with E-state index in [4.69, 9.17) is 14.2 Å². The van der Waals surface area contributed by atoms with Crippen LogP contribution in [0.3, 0.4) is 0 Å². The number of esters is 2. The summed E-state index contributed by atoms with van der Waals surface area (Å²) in [6.07, 6.45) is 6.51. The Morgan fingerprint density at radius 3 is 1.95 bits per heavy atom. The monoisotopic (exact) mass is 529 g/mol. The van der Waals surface area contributed by atoms with Gasteiger partial charge in [-0.1, -0.05) is 30.8 Å². The number of ether oxygens (including phenoxy) is 3. The van der Waals surface area contributed by atoms with Gasteiger partial charge in [0.15, 0.2) is 0 Å². The van der Waals surface area contributed by atoms with Crippen molar-refractivity contribution in [3.8, 4) is 22.6 Å². The van der Waals surface area contributed by atoms with Crippen molar-refractivity contribution < 1.29 is 28.7 Å². The second-order valence-electron chi connectivity index (χ2n) is 8.83. The number of hydrogen-bond acceptors (Lipinski definition) is 7. The van der Waals surface area contributed by atoms with E-state index >= 15 is 0 Å². The first-order valence-corrected chi connectivity index (χ1v) is 12.6. The predicted octanol–water partition coefficient (Wildman–Crippen LogP) is 6.94. The first kappa shape index (κ1) is 28.8. The predicted molar refractivity (Wildman–Crippen MR) is 149 cm³/mol. The van der Waals surface area contributed by atoms with Gasteiger partial charge in [0.25, 0.3) is 5.69 Å². The average Bonchev–Trinajstić information content (AvgIpc) is 2.94. The van der Waals surface area contributed by atoms with Crippen molar-refractivity contribution in [3.05, 3.63) is 107 Å². The van der Waals surface area contributed by atoms with Crippen molar-refractivity contribution in [2.75, 3.05) is 13.2 Å². The zero-order valence-electron chi connectivity index (χ0n) is 21.8. The van der Waals surface area contributed by atoms with Gasteiger partial charge in [0.1, 0.15) is 11.5 Å². The minimum atomic E-state index is -0.547. The fourth-order valence-electron chi connectivity index (χ4n) is 3.52. The quantitative estimate of drug-likeness (QED) is 0.0556. The second-order valence-corrected chi connectivity index (χ2v) is 8.83. The lowest BCUT2D eigenvalue weighted by Gasteiger charge is -2.08. The summed E-state index contributed by atoms with van der Waals surface area (Å²) < 4.78 is 16.2. The number of nitrogens with zero attached hydrogens (tertiary/aromatic N) is 1. The molecule has 202 valence electrons. The smallest absolute Gasteiger partial charge is 0.336 e. The zero-order valence-corrected chi connectivity index (χ0v) is 21.8. The molecule has 0 N–H and O–H groups in total. The van der Waals surface area contributed by atoms with Crippen LogP contribution >= 0.6 is 0 Å². The van der Waals surface area contributed by atoms with E-state index in [2.05, 4.69) is 6.58 Å². The lowest BCUT2D eigenvalue weighted by atomic mass is 10.1. The Labute approximate surface area is 227 Å². The molecule has 3 rings (SSSR count). The number of nitro benzene ring substituents is 1. The maximum absolute atomic E-state index is 12.1. The van der Waals surface area contributed by atoms with Gasteiger partial charge in [-0.15, -0.1) is 0 Å². The second kappa shape index (κ2) is 14.9. The minimum absolute atomic E-state index is 0.0130. The molecule has 0 saturated carbocycles. The zero-order chi connectivity index (χ0) is 28.0. The number of non-ortho nitro benzene ring substituents is 1. The van der Waals surface area contributed by atoms with Crippen LogP contribution in [-0.4, -0.2) is 30.1 Å². The van der Waals surface area contributed by atoms with E-state index in [0.29, 0.717) is 30.1 Å². The highest BCUT2D eigenvalue weighted by Gasteiger charge is 2.06. The molecule has 0 bridgehead atoms. The first-order chi connectivity index (χ1) is 18.8. The maximum Gasteiger partial charge on any atom is 0.336 e. The van der Waals surface area contributed by atoms with Gasteiger partial charge in [-0.2, -0.15) is 0 Å². The molecule has 0 fully saturated rings. The Balaban J connectivity index is 1.38. The number of unbranched alkanes of at least 4 members (excludes halogenated alkanes) is 3. The van der Waals surface area contributed by atoms with E-state index in [-0.39, 0.29) is 11.7 Å². The molecule has 0 aromatic heterocycles. The number of carbonyl (C=O) groups excluding carboxylic acids is 2. The van der Waals surface area contributed by atoms with Crippen LogP contribution in [0, 0.1) is 10.1 Å². The third-order valence-corrected chi connectivity index (χ3v) is 5.67. The SMILES string of the molecule is C=C(C)C(=O)OCCCCCCOc1ccc(-c2ccc(OC(=O)/C=C/c3ccc([N+](=O)[O-])cc3)cc2)cc1. The fourth-order valence-corrected chi connectivity index (χ4v) is 3.52. The first-order valence-electron chi connectivity index (χ1n) is 12.6. The van der Waals surface area contributed by atoms with Crippen molar-refractivity contribution in [1.29, 1.82) is 0 Å². The van der Waals surface area contributed by atoms with Crippen molar-refractivity contribution in [3.63, 3.8) is 0 Å². The highest BCUT2D eigenvalue weighted by Crippen LogP contribution is 2.25. The molecule has 0 saturated heterocycles. The molecule has 0 unspecified atom stereocenters. The normalized spacial score (nSPS) is 10.7. The van der Waals surface area contributed by atoms with E-state index in [1.807, 2.05) is 36.4 Å². The van der Waals surface area contributed by atoms with Gasteiger partial charge in [0, 0.05) is 23.8 Å². The lowest BCUT2D eigenvalue weighted by molar-refractivity contribution is -0.384. The Hall–Kier alpha value is -4.72. The highest BCUT2D eigenvalue weighted by atomic mass is 16.6. The summed E-state index contributed by atoms with van der Waals surface area (Å²) in [6.45, 7) is 6.22. The molecule has 3 aromatic rings. The van der Waals surface area contributed by atoms with Crippen LogP contribution in [-0.2, 0) is 14.3 Å². The minimum Gasteiger partial charge on any atom is -0.494 e. The van der Waals surface area contributed by atoms with Gasteiger partial charge in [-0.05, 0) is 91.8 Å². The molecule has 0 spiro atoms. The molecule has 0 amide bonds. The summed E-state index contributed by atoms with van der Waals surface area (Å²) >= 11 is 0. The van der Waals surface area contributed by atoms with Crippen molar-refractivity contribution in [2.24, 2.45) is 0 Å². The summed E-state index contributed by atoms with van der Waals surface area (Å²) in [6, 6.07) is 20.8. The molecule has 0 heterocycles. The molecule has 0 aliphatic heterocycles. The Morgan fingerprint density at radius 2 is 1.38 bits per heavy atom. The van der Waals surface area contributed by atoms with Gasteiger partial charge in [0.2, 0.25) is 0 Å². The average molecular weight is 530 g/mol. The van der Waals surface area contributed by atoms with Crippen molar-refractivity contribution >= 4 is 23.7 Å². The highest BCUT2D eigenvalue weighted by molar-refractivity contribution is 5.89. The van der Waals surface area contributed by atoms with Crippen molar-refractivity contribution in [2.45, 2.75) is 32.6 Å². The maximum atomic E-state index is 12.1. The third-order valence-electron chi connectivity index (χ3n) is 5.67. The Morgan fingerprint density at radius 1 is 0.821 bits per heavy atom. The summed E-state index contributed by atoms with van der Waals surface area (Å²) in [4.78, 5) is 33.7. The van der Waals surface area contributed by atoms with E-state index in [9.17, 15) is 19.7 Å². The molecule has 3 aromatic carbocycles. The van der Waals surface area contributed by atoms with E-state index in [1.54, 1.807) is 31.2 Å². The Kier molecular flexibility index (Phi) is 11.0.